The summed E-state index contributed by atoms with van der Waals surface area (Å²) in [4.78, 5) is 34.8. The topological polar surface area (TPSA) is 82.8 Å². The number of rotatable bonds is 2. The summed E-state index contributed by atoms with van der Waals surface area (Å²) in [7, 11) is 1.99. The van der Waals surface area contributed by atoms with Crippen LogP contribution in [0.2, 0.25) is 0 Å². The summed E-state index contributed by atoms with van der Waals surface area (Å²) in [5.41, 5.74) is 0. The zero-order valence-corrected chi connectivity index (χ0v) is 14.6. The number of nitrogens with zero attached hydrogens (tertiary/aromatic N) is 5. The van der Waals surface area contributed by atoms with Gasteiger partial charge in [0.15, 0.2) is 5.82 Å². The summed E-state index contributed by atoms with van der Waals surface area (Å²) >= 11 is 0. The molecule has 0 aromatic carbocycles. The number of carbonyl (C=O) groups excluding carboxylic acids is 2. The molecule has 0 N–H and O–H groups in total. The first-order valence-corrected chi connectivity index (χ1v) is 8.50. The smallest absolute Gasteiger partial charge is 0.246 e. The van der Waals surface area contributed by atoms with Crippen molar-refractivity contribution in [2.45, 2.75) is 38.6 Å². The number of piperazine rings is 1. The number of hydrogen-bond donors (Lipinski definition) is 0. The standard InChI is InChI=1S/C16H25N5O3/c1-11-17-15(18-24-11)13-4-6-20(7-5-13)16(23)14-10-19(3)8-9-21(14)12(2)22/h13-14H,4-10H2,1-3H3/t14-/m1/s1. The molecule has 132 valence electrons. The summed E-state index contributed by atoms with van der Waals surface area (Å²) in [6.45, 7) is 6.68. The summed E-state index contributed by atoms with van der Waals surface area (Å²) in [6, 6.07) is -0.370. The molecule has 0 unspecified atom stereocenters. The first kappa shape index (κ1) is 16.9. The summed E-state index contributed by atoms with van der Waals surface area (Å²) in [6.07, 6.45) is 1.65. The van der Waals surface area contributed by atoms with Crippen LogP contribution in [0.15, 0.2) is 4.52 Å². The predicted octanol–water partition coefficient (Wildman–Crippen LogP) is 0.247. The van der Waals surface area contributed by atoms with Crippen LogP contribution in [0, 0.1) is 6.92 Å². The highest BCUT2D eigenvalue weighted by Gasteiger charge is 2.37. The highest BCUT2D eigenvalue weighted by molar-refractivity contribution is 5.87. The molecule has 0 aliphatic carbocycles. The van der Waals surface area contributed by atoms with E-state index < -0.39 is 0 Å². The number of likely N-dealkylation sites (N-methyl/N-ethyl adjacent to an activating group) is 1. The van der Waals surface area contributed by atoms with Crippen LogP contribution in [-0.2, 0) is 9.59 Å². The molecule has 0 saturated carbocycles. The van der Waals surface area contributed by atoms with Gasteiger partial charge in [0.05, 0.1) is 0 Å². The Balaban J connectivity index is 1.62. The average Bonchev–Trinajstić information content (AvgIpc) is 3.00. The maximum atomic E-state index is 12.9. The molecule has 2 saturated heterocycles. The first-order chi connectivity index (χ1) is 11.5. The van der Waals surface area contributed by atoms with Crippen LogP contribution in [0.3, 0.4) is 0 Å². The summed E-state index contributed by atoms with van der Waals surface area (Å²) < 4.78 is 5.05. The van der Waals surface area contributed by atoms with Crippen molar-refractivity contribution in [3.63, 3.8) is 0 Å². The Labute approximate surface area is 141 Å². The second kappa shape index (κ2) is 6.88. The molecule has 2 amide bonds. The van der Waals surface area contributed by atoms with Crippen LogP contribution in [0.1, 0.15) is 37.4 Å². The maximum absolute atomic E-state index is 12.9. The molecule has 0 spiro atoms. The third-order valence-corrected chi connectivity index (χ3v) is 4.99. The van der Waals surface area contributed by atoms with E-state index in [0.29, 0.717) is 32.1 Å². The van der Waals surface area contributed by atoms with Crippen LogP contribution in [0.5, 0.6) is 0 Å². The van der Waals surface area contributed by atoms with E-state index in [-0.39, 0.29) is 23.8 Å². The van der Waals surface area contributed by atoms with E-state index in [2.05, 4.69) is 15.0 Å². The van der Waals surface area contributed by atoms with Crippen LogP contribution >= 0.6 is 0 Å². The number of likely N-dealkylation sites (tertiary alicyclic amines) is 1. The molecule has 1 aromatic rings. The molecule has 1 aromatic heterocycles. The number of aromatic nitrogens is 2. The molecule has 2 aliphatic rings. The van der Waals surface area contributed by atoms with Crippen molar-refractivity contribution in [3.8, 4) is 0 Å². The Bertz CT molecular complexity index is 609. The minimum atomic E-state index is -0.370. The number of hydrogen-bond acceptors (Lipinski definition) is 6. The van der Waals surface area contributed by atoms with E-state index in [1.165, 1.54) is 6.92 Å². The molecule has 2 aliphatic heterocycles. The van der Waals surface area contributed by atoms with Gasteiger partial charge in [-0.1, -0.05) is 5.16 Å². The largest absolute Gasteiger partial charge is 0.341 e. The van der Waals surface area contributed by atoms with E-state index in [9.17, 15) is 9.59 Å². The van der Waals surface area contributed by atoms with Crippen LogP contribution in [0.4, 0.5) is 0 Å². The van der Waals surface area contributed by atoms with Gasteiger partial charge in [0, 0.05) is 52.5 Å². The molecule has 0 bridgehead atoms. The fourth-order valence-corrected chi connectivity index (χ4v) is 3.56. The van der Waals surface area contributed by atoms with Gasteiger partial charge < -0.3 is 19.2 Å². The SMILES string of the molecule is CC(=O)N1CCN(C)C[C@@H]1C(=O)N1CCC(c2noc(C)n2)CC1. The lowest BCUT2D eigenvalue weighted by molar-refractivity contribution is -0.148. The molecule has 0 radical (unpaired) electrons. The van der Waals surface area contributed by atoms with Crippen molar-refractivity contribution in [2.75, 3.05) is 39.8 Å². The van der Waals surface area contributed by atoms with Crippen molar-refractivity contribution in [2.24, 2.45) is 0 Å². The lowest BCUT2D eigenvalue weighted by Gasteiger charge is -2.42. The fourth-order valence-electron chi connectivity index (χ4n) is 3.56. The Morgan fingerprint density at radius 2 is 1.88 bits per heavy atom. The van der Waals surface area contributed by atoms with Crippen molar-refractivity contribution in [1.82, 2.24) is 24.8 Å². The quantitative estimate of drug-likeness (QED) is 0.770. The van der Waals surface area contributed by atoms with Crippen molar-refractivity contribution in [1.29, 1.82) is 0 Å². The third-order valence-electron chi connectivity index (χ3n) is 4.99. The maximum Gasteiger partial charge on any atom is 0.246 e. The number of piperidine rings is 1. The highest BCUT2D eigenvalue weighted by atomic mass is 16.5. The van der Waals surface area contributed by atoms with Crippen LogP contribution < -0.4 is 0 Å². The molecule has 8 heteroatoms. The summed E-state index contributed by atoms with van der Waals surface area (Å²) in [5, 5.41) is 4.00. The fraction of sp³-hybridized carbons (Fsp3) is 0.750. The van der Waals surface area contributed by atoms with Crippen LogP contribution in [0.25, 0.3) is 0 Å². The third kappa shape index (κ3) is 3.43. The van der Waals surface area contributed by atoms with Crippen molar-refractivity contribution >= 4 is 11.8 Å². The Kier molecular flexibility index (Phi) is 4.84. The van der Waals surface area contributed by atoms with Gasteiger partial charge in [0.1, 0.15) is 6.04 Å². The van der Waals surface area contributed by atoms with E-state index in [1.54, 1.807) is 11.8 Å². The Morgan fingerprint density at radius 3 is 2.46 bits per heavy atom. The van der Waals surface area contributed by atoms with Crippen molar-refractivity contribution in [3.05, 3.63) is 11.7 Å². The Hall–Kier alpha value is -1.96. The number of aryl methyl sites for hydroxylation is 1. The number of carbonyl (C=O) groups is 2. The van der Waals surface area contributed by atoms with Gasteiger partial charge in [-0.15, -0.1) is 0 Å². The average molecular weight is 335 g/mol. The van der Waals surface area contributed by atoms with Gasteiger partial charge in [-0.3, -0.25) is 9.59 Å². The molecule has 3 rings (SSSR count). The van der Waals surface area contributed by atoms with E-state index in [4.69, 9.17) is 4.52 Å². The lowest BCUT2D eigenvalue weighted by Crippen LogP contribution is -2.60. The second-order valence-electron chi connectivity index (χ2n) is 6.76. The first-order valence-electron chi connectivity index (χ1n) is 8.50. The van der Waals surface area contributed by atoms with Gasteiger partial charge in [-0.05, 0) is 19.9 Å². The summed E-state index contributed by atoms with van der Waals surface area (Å²) in [5.74, 6) is 1.58. The van der Waals surface area contributed by atoms with Gasteiger partial charge in [-0.25, -0.2) is 0 Å². The van der Waals surface area contributed by atoms with Gasteiger partial charge in [0.25, 0.3) is 0 Å². The van der Waals surface area contributed by atoms with Gasteiger partial charge >= 0.3 is 0 Å². The predicted molar refractivity (Wildman–Crippen MR) is 86.3 cm³/mol. The zero-order chi connectivity index (χ0) is 17.3. The molecule has 2 fully saturated rings. The van der Waals surface area contributed by atoms with E-state index in [1.807, 2.05) is 11.9 Å². The number of amides is 2. The zero-order valence-electron chi connectivity index (χ0n) is 14.6. The molecular weight excluding hydrogens is 310 g/mol. The van der Waals surface area contributed by atoms with E-state index >= 15 is 0 Å². The van der Waals surface area contributed by atoms with E-state index in [0.717, 1.165) is 25.2 Å². The minimum absolute atomic E-state index is 0.0291. The molecule has 1 atom stereocenters. The highest BCUT2D eigenvalue weighted by Crippen LogP contribution is 2.27. The monoisotopic (exact) mass is 335 g/mol. The normalized spacial score (nSPS) is 23.5. The van der Waals surface area contributed by atoms with Gasteiger partial charge in [-0.2, -0.15) is 4.98 Å². The lowest BCUT2D eigenvalue weighted by atomic mass is 9.95. The molecule has 8 nitrogen and oxygen atoms in total. The van der Waals surface area contributed by atoms with Crippen molar-refractivity contribution < 1.29 is 14.1 Å². The Morgan fingerprint density at radius 1 is 1.17 bits per heavy atom. The van der Waals surface area contributed by atoms with Crippen LogP contribution in [-0.4, -0.2) is 82.5 Å². The second-order valence-corrected chi connectivity index (χ2v) is 6.76. The molecule has 24 heavy (non-hydrogen) atoms. The molecular formula is C16H25N5O3. The molecule has 3 heterocycles. The minimum Gasteiger partial charge on any atom is -0.341 e. The van der Waals surface area contributed by atoms with Gasteiger partial charge in [0.2, 0.25) is 17.7 Å².